The summed E-state index contributed by atoms with van der Waals surface area (Å²) >= 11 is 3.58. The number of hydrogen-bond acceptors (Lipinski definition) is 10. The van der Waals surface area contributed by atoms with Crippen molar-refractivity contribution in [3.05, 3.63) is 94.7 Å². The van der Waals surface area contributed by atoms with Crippen molar-refractivity contribution in [3.63, 3.8) is 0 Å². The first-order chi connectivity index (χ1) is 19.2. The monoisotopic (exact) mass is 623 g/mol. The molecule has 0 saturated heterocycles. The third-order valence-corrected chi connectivity index (χ3v) is 7.59. The number of nitrogens with zero attached hydrogens (tertiary/aromatic N) is 3. The second kappa shape index (κ2) is 12.1. The molecule has 1 aliphatic heterocycles. The Balaban J connectivity index is 1.28. The van der Waals surface area contributed by atoms with Gasteiger partial charge in [0.1, 0.15) is 40.1 Å². The lowest BCUT2D eigenvalue weighted by molar-refractivity contribution is -0.121. The maximum atomic E-state index is 12.7. The van der Waals surface area contributed by atoms with E-state index in [-0.39, 0.29) is 24.6 Å². The number of nitrogens with one attached hydrogen (secondary N) is 2. The van der Waals surface area contributed by atoms with E-state index in [1.165, 1.54) is 18.7 Å². The van der Waals surface area contributed by atoms with Crippen LogP contribution in [0, 0.1) is 0 Å². The van der Waals surface area contributed by atoms with Gasteiger partial charge in [0.05, 0.1) is 34.2 Å². The number of rotatable bonds is 11. The van der Waals surface area contributed by atoms with Crippen LogP contribution in [-0.4, -0.2) is 54.3 Å². The molecule has 2 aromatic carbocycles. The van der Waals surface area contributed by atoms with Crippen LogP contribution in [0.25, 0.3) is 10.9 Å². The van der Waals surface area contributed by atoms with Gasteiger partial charge in [-0.15, -0.1) is 0 Å². The van der Waals surface area contributed by atoms with Gasteiger partial charge < -0.3 is 20.1 Å². The maximum Gasteiger partial charge on any atom is 0.205 e. The third kappa shape index (κ3) is 7.00. The largest absolute Gasteiger partial charge is 0.488 e. The normalized spacial score (nSPS) is 15.1. The molecule has 0 bridgehead atoms. The first-order valence-electron chi connectivity index (χ1n) is 12.4. The zero-order valence-corrected chi connectivity index (χ0v) is 23.9. The summed E-state index contributed by atoms with van der Waals surface area (Å²) in [5, 5.41) is 6.96. The standard InChI is InChI=1S/C28H26BrN5O5S/c1-40(36,37)10-9-30-14-20-12-25(35)27(39-20)23-13-21-24(15-31-23)32-17-33-28(21)34-19-7-8-26(22(29)11-19)38-16-18-5-3-2-4-6-18/h2-8,11-13,15,17,27,30H,9-10,14,16H2,1H3,(H,32,33,34). The molecule has 0 amide bonds. The molecule has 2 aromatic heterocycles. The summed E-state index contributed by atoms with van der Waals surface area (Å²) in [5.41, 5.74) is 2.87. The van der Waals surface area contributed by atoms with Gasteiger partial charge in [-0.25, -0.2) is 18.4 Å². The fraction of sp³-hybridized carbons (Fsp3) is 0.214. The molecule has 0 fully saturated rings. The lowest BCUT2D eigenvalue weighted by atomic mass is 10.1. The molecule has 12 heteroatoms. The molecule has 10 nitrogen and oxygen atoms in total. The SMILES string of the molecule is CS(=O)(=O)CCNCC1=CC(=O)C(c2cc3c(Nc4ccc(OCc5ccccc5)c(Br)c4)ncnc3cn2)O1. The maximum absolute atomic E-state index is 12.7. The molecular weight excluding hydrogens is 598 g/mol. The van der Waals surface area contributed by atoms with Gasteiger partial charge in [-0.1, -0.05) is 30.3 Å². The van der Waals surface area contributed by atoms with Crippen molar-refractivity contribution in [2.45, 2.75) is 12.7 Å². The summed E-state index contributed by atoms with van der Waals surface area (Å²) in [6, 6.07) is 17.3. The number of ether oxygens (including phenoxy) is 2. The number of hydrogen-bond donors (Lipinski definition) is 2. The summed E-state index contributed by atoms with van der Waals surface area (Å²) in [4.78, 5) is 25.8. The number of anilines is 2. The van der Waals surface area contributed by atoms with Gasteiger partial charge in [-0.2, -0.15) is 0 Å². The first kappa shape index (κ1) is 27.7. The summed E-state index contributed by atoms with van der Waals surface area (Å²) in [5.74, 6) is 1.43. The van der Waals surface area contributed by atoms with Crippen molar-refractivity contribution in [1.82, 2.24) is 20.3 Å². The summed E-state index contributed by atoms with van der Waals surface area (Å²) in [6.07, 6.45) is 4.70. The number of pyridine rings is 1. The third-order valence-electron chi connectivity index (χ3n) is 6.02. The lowest BCUT2D eigenvalue weighted by Crippen LogP contribution is -2.24. The highest BCUT2D eigenvalue weighted by molar-refractivity contribution is 9.10. The van der Waals surface area contributed by atoms with Gasteiger partial charge in [-0.3, -0.25) is 9.78 Å². The van der Waals surface area contributed by atoms with E-state index in [1.54, 1.807) is 12.3 Å². The molecule has 4 aromatic rings. The van der Waals surface area contributed by atoms with Gasteiger partial charge in [0.25, 0.3) is 0 Å². The van der Waals surface area contributed by atoms with Crippen molar-refractivity contribution < 1.29 is 22.7 Å². The highest BCUT2D eigenvalue weighted by Crippen LogP contribution is 2.33. The number of benzene rings is 2. The second-order valence-corrected chi connectivity index (χ2v) is 12.3. The Labute approximate surface area is 239 Å². The van der Waals surface area contributed by atoms with E-state index < -0.39 is 15.9 Å². The van der Waals surface area contributed by atoms with E-state index in [9.17, 15) is 13.2 Å². The van der Waals surface area contributed by atoms with Crippen molar-refractivity contribution in [2.75, 3.05) is 30.4 Å². The van der Waals surface area contributed by atoms with Gasteiger partial charge in [0, 0.05) is 30.0 Å². The van der Waals surface area contributed by atoms with Gasteiger partial charge in [0.2, 0.25) is 11.9 Å². The number of halogens is 1. The van der Waals surface area contributed by atoms with E-state index >= 15 is 0 Å². The molecule has 5 rings (SSSR count). The van der Waals surface area contributed by atoms with Crippen LogP contribution < -0.4 is 15.4 Å². The molecule has 1 aliphatic rings. The Kier molecular flexibility index (Phi) is 8.38. The Morgan fingerprint density at radius 2 is 1.90 bits per heavy atom. The minimum absolute atomic E-state index is 0.000325. The number of sulfone groups is 1. The fourth-order valence-corrected chi connectivity index (χ4v) is 5.04. The average molecular weight is 625 g/mol. The Morgan fingerprint density at radius 3 is 2.67 bits per heavy atom. The van der Waals surface area contributed by atoms with E-state index in [1.807, 2.05) is 48.5 Å². The minimum Gasteiger partial charge on any atom is -0.488 e. The van der Waals surface area contributed by atoms with Crippen LogP contribution in [0.1, 0.15) is 17.4 Å². The molecule has 0 saturated carbocycles. The topological polar surface area (TPSA) is 132 Å². The van der Waals surface area contributed by atoms with E-state index in [4.69, 9.17) is 9.47 Å². The Bertz CT molecular complexity index is 1680. The number of carbonyl (C=O) groups is 1. The van der Waals surface area contributed by atoms with Crippen molar-refractivity contribution in [1.29, 1.82) is 0 Å². The molecule has 3 heterocycles. The van der Waals surface area contributed by atoms with Crippen molar-refractivity contribution >= 4 is 54.0 Å². The fourth-order valence-electron chi connectivity index (χ4n) is 4.03. The number of ketones is 1. The van der Waals surface area contributed by atoms with Crippen molar-refractivity contribution in [3.8, 4) is 5.75 Å². The lowest BCUT2D eigenvalue weighted by Gasteiger charge is -2.14. The average Bonchev–Trinajstić information content (AvgIpc) is 3.31. The molecule has 1 atom stereocenters. The van der Waals surface area contributed by atoms with Gasteiger partial charge in [0.15, 0.2) is 0 Å². The van der Waals surface area contributed by atoms with Crippen LogP contribution in [-0.2, 0) is 26.0 Å². The first-order valence-corrected chi connectivity index (χ1v) is 15.2. The Morgan fingerprint density at radius 1 is 1.07 bits per heavy atom. The molecule has 2 N–H and O–H groups in total. The molecule has 206 valence electrons. The zero-order valence-electron chi connectivity index (χ0n) is 21.5. The predicted octanol–water partition coefficient (Wildman–Crippen LogP) is 4.27. The van der Waals surface area contributed by atoms with E-state index in [0.29, 0.717) is 40.5 Å². The van der Waals surface area contributed by atoms with Gasteiger partial charge in [-0.05, 0) is 45.8 Å². The van der Waals surface area contributed by atoms with Crippen LogP contribution in [0.15, 0.2) is 83.4 Å². The van der Waals surface area contributed by atoms with Crippen LogP contribution in [0.4, 0.5) is 11.5 Å². The smallest absolute Gasteiger partial charge is 0.205 e. The number of carbonyl (C=O) groups excluding carboxylic acids is 1. The quantitative estimate of drug-likeness (QED) is 0.233. The predicted molar refractivity (Wildman–Crippen MR) is 155 cm³/mol. The minimum atomic E-state index is -3.08. The molecule has 40 heavy (non-hydrogen) atoms. The van der Waals surface area contributed by atoms with Crippen LogP contribution >= 0.6 is 15.9 Å². The highest BCUT2D eigenvalue weighted by atomic mass is 79.9. The zero-order chi connectivity index (χ0) is 28.1. The molecule has 0 aliphatic carbocycles. The van der Waals surface area contributed by atoms with Crippen molar-refractivity contribution in [2.24, 2.45) is 0 Å². The van der Waals surface area contributed by atoms with E-state index in [2.05, 4.69) is 41.5 Å². The molecule has 1 unspecified atom stereocenters. The summed E-state index contributed by atoms with van der Waals surface area (Å²) in [6.45, 7) is 0.949. The van der Waals surface area contributed by atoms with Gasteiger partial charge >= 0.3 is 0 Å². The number of fused-ring (bicyclic) bond motifs is 1. The highest BCUT2D eigenvalue weighted by Gasteiger charge is 2.30. The molecule has 0 radical (unpaired) electrons. The molecule has 0 spiro atoms. The second-order valence-electron chi connectivity index (χ2n) is 9.21. The van der Waals surface area contributed by atoms with Crippen LogP contribution in [0.5, 0.6) is 5.75 Å². The van der Waals surface area contributed by atoms with Crippen LogP contribution in [0.2, 0.25) is 0 Å². The van der Waals surface area contributed by atoms with Crippen LogP contribution in [0.3, 0.4) is 0 Å². The molecular formula is C28H26BrN5O5S. The summed E-state index contributed by atoms with van der Waals surface area (Å²) in [7, 11) is -3.08. The summed E-state index contributed by atoms with van der Waals surface area (Å²) < 4.78 is 35.2. The Hall–Kier alpha value is -3.87. The number of aromatic nitrogens is 3. The van der Waals surface area contributed by atoms with E-state index in [0.717, 1.165) is 15.7 Å².